The number of nitrogens with one attached hydrogen (secondary N) is 1. The molecule has 188 valence electrons. The van der Waals surface area contributed by atoms with Crippen molar-refractivity contribution in [2.45, 2.75) is 77.7 Å². The summed E-state index contributed by atoms with van der Waals surface area (Å²) in [6, 6.07) is 17.9. The maximum absolute atomic E-state index is 12.3. The fraction of sp³-hybridized carbons (Fsp3) is 0.483. The van der Waals surface area contributed by atoms with Gasteiger partial charge in [-0.25, -0.2) is 0 Å². The lowest BCUT2D eigenvalue weighted by Crippen LogP contribution is -2.26. The molecule has 0 radical (unpaired) electrons. The highest BCUT2D eigenvalue weighted by Crippen LogP contribution is 2.30. The van der Waals surface area contributed by atoms with E-state index in [1.54, 1.807) is 12.1 Å². The van der Waals surface area contributed by atoms with Crippen molar-refractivity contribution in [1.29, 1.82) is 5.26 Å². The Labute approximate surface area is 209 Å². The third-order valence-corrected chi connectivity index (χ3v) is 6.15. The highest BCUT2D eigenvalue weighted by atomic mass is 16.5. The third-order valence-electron chi connectivity index (χ3n) is 6.15. The number of nitriles is 1. The monoisotopic (exact) mass is 478 g/mol. The van der Waals surface area contributed by atoms with Crippen molar-refractivity contribution in [3.8, 4) is 11.8 Å². The summed E-state index contributed by atoms with van der Waals surface area (Å²) in [6.45, 7) is 4.33. The van der Waals surface area contributed by atoms with Gasteiger partial charge in [0.2, 0.25) is 0 Å². The molecule has 0 fully saturated rings. The molecule has 0 bridgehead atoms. The fourth-order valence-corrected chi connectivity index (χ4v) is 3.99. The number of nitrogens with zero attached hydrogens (tertiary/aromatic N) is 1. The molecule has 0 saturated heterocycles. The lowest BCUT2D eigenvalue weighted by Gasteiger charge is -2.22. The van der Waals surface area contributed by atoms with Crippen LogP contribution in [0.3, 0.4) is 0 Å². The van der Waals surface area contributed by atoms with Crippen molar-refractivity contribution in [3.63, 3.8) is 0 Å². The summed E-state index contributed by atoms with van der Waals surface area (Å²) in [6.07, 6.45) is 7.50. The van der Waals surface area contributed by atoms with Crippen LogP contribution in [0.4, 0.5) is 0 Å². The second-order valence-electron chi connectivity index (χ2n) is 8.86. The predicted octanol–water partition coefficient (Wildman–Crippen LogP) is 6.46. The first-order valence-corrected chi connectivity index (χ1v) is 12.7. The Balaban J connectivity index is 2.11. The van der Waals surface area contributed by atoms with Crippen molar-refractivity contribution in [3.05, 3.63) is 65.2 Å². The number of carbonyl (C=O) groups excluding carboxylic acids is 1. The summed E-state index contributed by atoms with van der Waals surface area (Å²) in [4.78, 5) is 22.9. The van der Waals surface area contributed by atoms with Crippen molar-refractivity contribution in [2.75, 3.05) is 6.54 Å². The summed E-state index contributed by atoms with van der Waals surface area (Å²) in [7, 11) is 0. The van der Waals surface area contributed by atoms with E-state index in [0.29, 0.717) is 5.56 Å². The number of hydrogen-bond donors (Lipinski definition) is 2. The zero-order chi connectivity index (χ0) is 25.5. The Kier molecular flexibility index (Phi) is 12.4. The van der Waals surface area contributed by atoms with Crippen LogP contribution in [-0.2, 0) is 11.2 Å². The van der Waals surface area contributed by atoms with Crippen LogP contribution in [0.2, 0.25) is 0 Å². The van der Waals surface area contributed by atoms with Gasteiger partial charge >= 0.3 is 5.97 Å². The largest absolute Gasteiger partial charge is 0.485 e. The standard InChI is InChI=1S/C29H38N2O4/c1-3-5-6-13-27(24-15-17-25(18-16-24)29(34)31-20-19-28(32)33)35-26-14-8-7-11-23(26)12-9-10-22(4-2)21-30/h7-8,11,14-18,22,27H,3-6,9-10,12-13,19-20H2,1-2H3,(H,31,34)(H,32,33). The number of unbranched alkanes of at least 4 members (excludes halogenated alkanes) is 2. The molecule has 6 heteroatoms. The van der Waals surface area contributed by atoms with Gasteiger partial charge in [-0.15, -0.1) is 0 Å². The molecule has 0 aliphatic heterocycles. The highest BCUT2D eigenvalue weighted by molar-refractivity contribution is 5.94. The minimum absolute atomic E-state index is 0.100. The Morgan fingerprint density at radius 2 is 1.77 bits per heavy atom. The predicted molar refractivity (Wildman–Crippen MR) is 137 cm³/mol. The Bertz CT molecular complexity index is 965. The quantitative estimate of drug-likeness (QED) is 0.270. The van der Waals surface area contributed by atoms with E-state index in [2.05, 4.69) is 31.3 Å². The van der Waals surface area contributed by atoms with Crippen LogP contribution < -0.4 is 10.1 Å². The molecule has 0 heterocycles. The summed E-state index contributed by atoms with van der Waals surface area (Å²) in [5.41, 5.74) is 2.65. The van der Waals surface area contributed by atoms with E-state index in [9.17, 15) is 14.9 Å². The number of carboxylic acids is 1. The molecule has 2 N–H and O–H groups in total. The molecule has 35 heavy (non-hydrogen) atoms. The van der Waals surface area contributed by atoms with E-state index in [1.165, 1.54) is 0 Å². The van der Waals surface area contributed by atoms with Crippen LogP contribution in [0.5, 0.6) is 5.75 Å². The second-order valence-corrected chi connectivity index (χ2v) is 8.86. The van der Waals surface area contributed by atoms with Gasteiger partial charge in [0.25, 0.3) is 5.91 Å². The maximum atomic E-state index is 12.3. The van der Waals surface area contributed by atoms with Gasteiger partial charge in [0, 0.05) is 18.0 Å². The number of benzene rings is 2. The molecule has 6 nitrogen and oxygen atoms in total. The molecule has 0 saturated carbocycles. The third kappa shape index (κ3) is 9.82. The molecule has 0 aliphatic rings. The number of carboxylic acid groups (broad SMARTS) is 1. The first kappa shape index (κ1) is 27.9. The van der Waals surface area contributed by atoms with Crippen LogP contribution >= 0.6 is 0 Å². The zero-order valence-corrected chi connectivity index (χ0v) is 21.0. The molecule has 2 aromatic carbocycles. The molecule has 1 amide bonds. The number of rotatable bonds is 16. The van der Waals surface area contributed by atoms with Gasteiger partial charge in [0.1, 0.15) is 11.9 Å². The zero-order valence-electron chi connectivity index (χ0n) is 21.0. The average molecular weight is 479 g/mol. The van der Waals surface area contributed by atoms with E-state index in [4.69, 9.17) is 9.84 Å². The molecule has 0 aromatic heterocycles. The van der Waals surface area contributed by atoms with Crippen molar-refractivity contribution in [1.82, 2.24) is 5.32 Å². The normalized spacial score (nSPS) is 12.4. The molecular formula is C29H38N2O4. The molecule has 0 aliphatic carbocycles. The average Bonchev–Trinajstić information content (AvgIpc) is 2.87. The van der Waals surface area contributed by atoms with Gasteiger partial charge in [0.15, 0.2) is 0 Å². The topological polar surface area (TPSA) is 99.4 Å². The lowest BCUT2D eigenvalue weighted by atomic mass is 9.98. The van der Waals surface area contributed by atoms with E-state index >= 15 is 0 Å². The molecule has 2 unspecified atom stereocenters. The SMILES string of the molecule is CCCCCC(Oc1ccccc1CCCC(C#N)CC)c1ccc(C(=O)NCCC(=O)O)cc1. The number of para-hydroxylation sites is 1. The van der Waals surface area contributed by atoms with E-state index < -0.39 is 5.97 Å². The van der Waals surface area contributed by atoms with Gasteiger partial charge in [-0.2, -0.15) is 5.26 Å². The van der Waals surface area contributed by atoms with Crippen molar-refractivity contribution in [2.24, 2.45) is 5.92 Å². The molecule has 2 aromatic rings. The Morgan fingerprint density at radius 1 is 1.03 bits per heavy atom. The first-order valence-electron chi connectivity index (χ1n) is 12.7. The minimum Gasteiger partial charge on any atom is -0.485 e. The lowest BCUT2D eigenvalue weighted by molar-refractivity contribution is -0.136. The maximum Gasteiger partial charge on any atom is 0.305 e. The van der Waals surface area contributed by atoms with E-state index in [1.807, 2.05) is 30.3 Å². The van der Waals surface area contributed by atoms with Crippen molar-refractivity contribution >= 4 is 11.9 Å². The molecule has 2 atom stereocenters. The summed E-state index contributed by atoms with van der Waals surface area (Å²) in [5, 5.41) is 20.6. The molecular weight excluding hydrogens is 440 g/mol. The molecule has 2 rings (SSSR count). The molecule has 0 spiro atoms. The Hall–Kier alpha value is -3.33. The fourth-order valence-electron chi connectivity index (χ4n) is 3.99. The number of carbonyl (C=O) groups is 2. The number of aliphatic carboxylic acids is 1. The van der Waals surface area contributed by atoms with Gasteiger partial charge in [-0.05, 0) is 67.9 Å². The summed E-state index contributed by atoms with van der Waals surface area (Å²) in [5.74, 6) is -0.253. The van der Waals surface area contributed by atoms with Crippen molar-refractivity contribution < 1.29 is 19.4 Å². The van der Waals surface area contributed by atoms with Crippen LogP contribution in [-0.4, -0.2) is 23.5 Å². The van der Waals surface area contributed by atoms with Gasteiger partial charge in [0.05, 0.1) is 12.5 Å². The number of hydrogen-bond acceptors (Lipinski definition) is 4. The number of amides is 1. The first-order chi connectivity index (χ1) is 17.0. The van der Waals surface area contributed by atoms with Gasteiger partial charge in [-0.1, -0.05) is 57.0 Å². The summed E-state index contributed by atoms with van der Waals surface area (Å²) >= 11 is 0. The number of ether oxygens (including phenoxy) is 1. The minimum atomic E-state index is -0.941. The van der Waals surface area contributed by atoms with Crippen LogP contribution in [0.15, 0.2) is 48.5 Å². The van der Waals surface area contributed by atoms with E-state index in [-0.39, 0.29) is 30.9 Å². The van der Waals surface area contributed by atoms with Crippen LogP contribution in [0, 0.1) is 17.2 Å². The van der Waals surface area contributed by atoms with Gasteiger partial charge in [-0.3, -0.25) is 9.59 Å². The smallest absolute Gasteiger partial charge is 0.305 e. The van der Waals surface area contributed by atoms with Gasteiger partial charge < -0.3 is 15.2 Å². The number of aryl methyl sites for hydroxylation is 1. The Morgan fingerprint density at radius 3 is 2.43 bits per heavy atom. The van der Waals surface area contributed by atoms with E-state index in [0.717, 1.165) is 68.2 Å². The summed E-state index contributed by atoms with van der Waals surface area (Å²) < 4.78 is 6.55. The highest BCUT2D eigenvalue weighted by Gasteiger charge is 2.17. The second kappa shape index (κ2) is 15.5. The van der Waals surface area contributed by atoms with Crippen LogP contribution in [0.25, 0.3) is 0 Å². The van der Waals surface area contributed by atoms with Crippen LogP contribution in [0.1, 0.15) is 92.8 Å².